The predicted molar refractivity (Wildman–Crippen MR) is 56.7 cm³/mol. The summed E-state index contributed by atoms with van der Waals surface area (Å²) in [5.74, 6) is -0.798. The van der Waals surface area contributed by atoms with Gasteiger partial charge >= 0.3 is 6.36 Å². The molecule has 0 atom stereocenters. The van der Waals surface area contributed by atoms with E-state index in [1.807, 2.05) is 0 Å². The van der Waals surface area contributed by atoms with Crippen LogP contribution in [0, 0.1) is 0 Å². The third-order valence-electron chi connectivity index (χ3n) is 2.01. The molecule has 1 aromatic rings. The number of alkyl halides is 3. The monoisotopic (exact) mass is 263 g/mol. The van der Waals surface area contributed by atoms with Crippen LogP contribution in [0.3, 0.4) is 0 Å². The summed E-state index contributed by atoms with van der Waals surface area (Å²) in [4.78, 5) is 11.1. The van der Waals surface area contributed by atoms with E-state index in [9.17, 15) is 18.0 Å². The first-order chi connectivity index (χ1) is 8.42. The fraction of sp³-hybridized carbons (Fsp3) is 0.364. The summed E-state index contributed by atoms with van der Waals surface area (Å²) in [5.41, 5.74) is 0.209. The van der Waals surface area contributed by atoms with Crippen LogP contribution in [0.15, 0.2) is 24.3 Å². The molecule has 1 rings (SSSR count). The van der Waals surface area contributed by atoms with Gasteiger partial charge in [-0.1, -0.05) is 18.2 Å². The van der Waals surface area contributed by atoms with Crippen LogP contribution >= 0.6 is 0 Å². The maximum atomic E-state index is 12.1. The van der Waals surface area contributed by atoms with E-state index in [0.29, 0.717) is 0 Å². The zero-order valence-corrected chi connectivity index (χ0v) is 9.33. The van der Waals surface area contributed by atoms with Crippen molar-refractivity contribution in [1.29, 1.82) is 0 Å². The third kappa shape index (κ3) is 5.05. The number of amides is 1. The summed E-state index contributed by atoms with van der Waals surface area (Å²) < 4.78 is 40.1. The second kappa shape index (κ2) is 6.25. The molecule has 0 radical (unpaired) electrons. The van der Waals surface area contributed by atoms with Crippen LogP contribution in [0.2, 0.25) is 0 Å². The molecule has 0 saturated carbocycles. The molecule has 0 aromatic heterocycles. The van der Waals surface area contributed by atoms with Crippen molar-refractivity contribution in [2.24, 2.45) is 0 Å². The fourth-order valence-electron chi connectivity index (χ4n) is 1.26. The van der Waals surface area contributed by atoms with Gasteiger partial charge in [0.05, 0.1) is 6.61 Å². The van der Waals surface area contributed by atoms with E-state index < -0.39 is 12.3 Å². The van der Waals surface area contributed by atoms with Gasteiger partial charge < -0.3 is 15.2 Å². The number of para-hydroxylation sites is 1. The van der Waals surface area contributed by atoms with Crippen molar-refractivity contribution in [1.82, 2.24) is 5.32 Å². The first-order valence-electron chi connectivity index (χ1n) is 5.13. The second-order valence-corrected chi connectivity index (χ2v) is 3.41. The number of ether oxygens (including phenoxy) is 1. The van der Waals surface area contributed by atoms with Crippen molar-refractivity contribution in [3.63, 3.8) is 0 Å². The quantitative estimate of drug-likeness (QED) is 0.848. The Morgan fingerprint density at radius 1 is 1.33 bits per heavy atom. The minimum atomic E-state index is -4.77. The van der Waals surface area contributed by atoms with E-state index >= 15 is 0 Å². The Kier molecular flexibility index (Phi) is 4.96. The SMILES string of the molecule is O=C(CCO)NCc1ccccc1OC(F)(F)F. The highest BCUT2D eigenvalue weighted by Gasteiger charge is 2.31. The molecular weight excluding hydrogens is 251 g/mol. The molecule has 0 bridgehead atoms. The lowest BCUT2D eigenvalue weighted by Gasteiger charge is -2.13. The number of rotatable bonds is 5. The zero-order valence-electron chi connectivity index (χ0n) is 9.33. The maximum absolute atomic E-state index is 12.1. The summed E-state index contributed by atoms with van der Waals surface area (Å²) in [6.07, 6.45) is -4.87. The molecule has 0 saturated heterocycles. The second-order valence-electron chi connectivity index (χ2n) is 3.41. The van der Waals surface area contributed by atoms with Gasteiger partial charge in [0.2, 0.25) is 5.91 Å². The third-order valence-corrected chi connectivity index (χ3v) is 2.01. The normalized spacial score (nSPS) is 11.1. The van der Waals surface area contributed by atoms with Gasteiger partial charge in [0.15, 0.2) is 0 Å². The highest BCUT2D eigenvalue weighted by atomic mass is 19.4. The molecule has 0 aliphatic heterocycles. The first kappa shape index (κ1) is 14.3. The average Bonchev–Trinajstić information content (AvgIpc) is 2.26. The molecule has 2 N–H and O–H groups in total. The number of benzene rings is 1. The standard InChI is InChI=1S/C11H12F3NO3/c12-11(13,14)18-9-4-2-1-3-8(9)7-15-10(17)5-6-16/h1-4,16H,5-7H2,(H,15,17). The number of aliphatic hydroxyl groups excluding tert-OH is 1. The van der Waals surface area contributed by atoms with Gasteiger partial charge in [-0.2, -0.15) is 0 Å². The molecule has 1 aromatic carbocycles. The van der Waals surface area contributed by atoms with Gasteiger partial charge in [0, 0.05) is 18.5 Å². The summed E-state index contributed by atoms with van der Waals surface area (Å²) in [6, 6.07) is 5.53. The van der Waals surface area contributed by atoms with E-state index in [0.717, 1.165) is 0 Å². The Bertz CT molecular complexity index is 407. The molecular formula is C11H12F3NO3. The van der Waals surface area contributed by atoms with Crippen molar-refractivity contribution in [2.45, 2.75) is 19.3 Å². The topological polar surface area (TPSA) is 58.6 Å². The van der Waals surface area contributed by atoms with Gasteiger partial charge in [-0.15, -0.1) is 13.2 Å². The van der Waals surface area contributed by atoms with E-state index in [2.05, 4.69) is 10.1 Å². The van der Waals surface area contributed by atoms with E-state index in [1.165, 1.54) is 24.3 Å². The highest BCUT2D eigenvalue weighted by Crippen LogP contribution is 2.25. The lowest BCUT2D eigenvalue weighted by molar-refractivity contribution is -0.274. The van der Waals surface area contributed by atoms with Gasteiger partial charge in [0.1, 0.15) is 5.75 Å². The number of aliphatic hydroxyl groups is 1. The Hall–Kier alpha value is -1.76. The van der Waals surface area contributed by atoms with Crippen molar-refractivity contribution in [2.75, 3.05) is 6.61 Å². The highest BCUT2D eigenvalue weighted by molar-refractivity contribution is 5.76. The Morgan fingerprint density at radius 3 is 2.61 bits per heavy atom. The predicted octanol–water partition coefficient (Wildman–Crippen LogP) is 1.58. The van der Waals surface area contributed by atoms with Crippen LogP contribution in [-0.2, 0) is 11.3 Å². The van der Waals surface area contributed by atoms with Gasteiger partial charge in [-0.3, -0.25) is 4.79 Å². The number of hydrogen-bond acceptors (Lipinski definition) is 3. The van der Waals surface area contributed by atoms with Crippen molar-refractivity contribution in [3.05, 3.63) is 29.8 Å². The lowest BCUT2D eigenvalue weighted by atomic mass is 10.2. The maximum Gasteiger partial charge on any atom is 0.573 e. The van der Waals surface area contributed by atoms with Crippen molar-refractivity contribution < 1.29 is 27.8 Å². The number of carbonyl (C=O) groups is 1. The van der Waals surface area contributed by atoms with E-state index in [4.69, 9.17) is 5.11 Å². The number of carbonyl (C=O) groups excluding carboxylic acids is 1. The summed E-state index contributed by atoms with van der Waals surface area (Å²) in [7, 11) is 0. The summed E-state index contributed by atoms with van der Waals surface area (Å²) in [5, 5.41) is 10.9. The average molecular weight is 263 g/mol. The molecule has 4 nitrogen and oxygen atoms in total. The molecule has 18 heavy (non-hydrogen) atoms. The number of nitrogens with one attached hydrogen (secondary N) is 1. The van der Waals surface area contributed by atoms with Crippen LogP contribution in [0.5, 0.6) is 5.75 Å². The largest absolute Gasteiger partial charge is 0.573 e. The molecule has 0 heterocycles. The van der Waals surface area contributed by atoms with Gasteiger partial charge in [-0.05, 0) is 6.07 Å². The van der Waals surface area contributed by atoms with Crippen LogP contribution in [-0.4, -0.2) is 24.0 Å². The molecule has 0 fully saturated rings. The minimum Gasteiger partial charge on any atom is -0.405 e. The Morgan fingerprint density at radius 2 is 2.00 bits per heavy atom. The zero-order chi connectivity index (χ0) is 13.6. The van der Waals surface area contributed by atoms with Crippen LogP contribution in [0.1, 0.15) is 12.0 Å². The molecule has 0 aliphatic carbocycles. The fourth-order valence-corrected chi connectivity index (χ4v) is 1.26. The molecule has 0 aliphatic rings. The Balaban J connectivity index is 2.67. The van der Waals surface area contributed by atoms with E-state index in [-0.39, 0.29) is 30.9 Å². The van der Waals surface area contributed by atoms with Crippen LogP contribution in [0.4, 0.5) is 13.2 Å². The molecule has 1 amide bonds. The number of halogens is 3. The van der Waals surface area contributed by atoms with Crippen molar-refractivity contribution >= 4 is 5.91 Å². The number of hydrogen-bond donors (Lipinski definition) is 2. The lowest BCUT2D eigenvalue weighted by Crippen LogP contribution is -2.24. The molecule has 0 unspecified atom stereocenters. The molecule has 0 spiro atoms. The minimum absolute atomic E-state index is 0.0922. The molecule has 7 heteroatoms. The van der Waals surface area contributed by atoms with Crippen LogP contribution < -0.4 is 10.1 Å². The van der Waals surface area contributed by atoms with Gasteiger partial charge in [-0.25, -0.2) is 0 Å². The smallest absolute Gasteiger partial charge is 0.405 e. The molecule has 100 valence electrons. The van der Waals surface area contributed by atoms with E-state index in [1.54, 1.807) is 0 Å². The summed E-state index contributed by atoms with van der Waals surface area (Å²) >= 11 is 0. The van der Waals surface area contributed by atoms with Gasteiger partial charge in [0.25, 0.3) is 0 Å². The van der Waals surface area contributed by atoms with Crippen LogP contribution in [0.25, 0.3) is 0 Å². The first-order valence-corrected chi connectivity index (χ1v) is 5.13. The van der Waals surface area contributed by atoms with Crippen molar-refractivity contribution in [3.8, 4) is 5.75 Å². The Labute approximate surface area is 101 Å². The summed E-state index contributed by atoms with van der Waals surface area (Å²) in [6.45, 7) is -0.405.